The van der Waals surface area contributed by atoms with Gasteiger partial charge in [-0.3, -0.25) is 4.79 Å². The number of amides is 1. The molecule has 0 aliphatic carbocycles. The number of hydrogen-bond acceptors (Lipinski definition) is 4. The second-order valence-electron chi connectivity index (χ2n) is 3.03. The quantitative estimate of drug-likeness (QED) is 0.786. The zero-order chi connectivity index (χ0) is 11.5. The molecule has 0 radical (unpaired) electrons. The monoisotopic (exact) mass is 237 g/mol. The van der Waals surface area contributed by atoms with Crippen LogP contribution in [0, 0.1) is 5.95 Å². The summed E-state index contributed by atoms with van der Waals surface area (Å²) in [6.45, 7) is 0. The molecular formula is C10H8FN3OS. The van der Waals surface area contributed by atoms with Gasteiger partial charge in [-0.2, -0.15) is 4.39 Å². The molecule has 82 valence electrons. The smallest absolute Gasteiger partial charge is 0.267 e. The Morgan fingerprint density at radius 1 is 1.44 bits per heavy atom. The van der Waals surface area contributed by atoms with Gasteiger partial charge in [-0.25, -0.2) is 4.98 Å². The van der Waals surface area contributed by atoms with Crippen LogP contribution in [-0.2, 0) is 0 Å². The zero-order valence-corrected chi connectivity index (χ0v) is 8.92. The van der Waals surface area contributed by atoms with Gasteiger partial charge in [0, 0.05) is 0 Å². The Morgan fingerprint density at radius 2 is 2.25 bits per heavy atom. The van der Waals surface area contributed by atoms with Crippen molar-refractivity contribution in [2.75, 3.05) is 11.1 Å². The number of nitrogens with zero attached hydrogens (tertiary/aromatic N) is 1. The lowest BCUT2D eigenvalue weighted by molar-refractivity contribution is 0.103. The molecule has 0 atom stereocenters. The number of nitrogen functional groups attached to an aromatic ring is 1. The highest BCUT2D eigenvalue weighted by molar-refractivity contribution is 7.12. The van der Waals surface area contributed by atoms with Crippen molar-refractivity contribution in [1.82, 2.24) is 4.98 Å². The summed E-state index contributed by atoms with van der Waals surface area (Å²) < 4.78 is 12.5. The Bertz CT molecular complexity index is 509. The average molecular weight is 237 g/mol. The molecular weight excluding hydrogens is 229 g/mol. The van der Waals surface area contributed by atoms with E-state index in [0.717, 1.165) is 0 Å². The summed E-state index contributed by atoms with van der Waals surface area (Å²) in [6, 6.07) is 4.26. The fourth-order valence-corrected chi connectivity index (χ4v) is 1.85. The third kappa shape index (κ3) is 2.17. The van der Waals surface area contributed by atoms with E-state index in [0.29, 0.717) is 16.3 Å². The summed E-state index contributed by atoms with van der Waals surface area (Å²) in [5, 5.41) is 4.30. The van der Waals surface area contributed by atoms with Crippen LogP contribution in [0.3, 0.4) is 0 Å². The number of carbonyl (C=O) groups is 1. The molecule has 2 rings (SSSR count). The van der Waals surface area contributed by atoms with Crippen LogP contribution in [0.25, 0.3) is 0 Å². The highest BCUT2D eigenvalue weighted by Gasteiger charge is 2.11. The maximum absolute atomic E-state index is 12.5. The van der Waals surface area contributed by atoms with Crippen LogP contribution in [-0.4, -0.2) is 10.9 Å². The molecule has 2 heterocycles. The number of anilines is 2. The van der Waals surface area contributed by atoms with Crippen molar-refractivity contribution in [1.29, 1.82) is 0 Å². The molecule has 6 heteroatoms. The van der Waals surface area contributed by atoms with Crippen LogP contribution in [0.4, 0.5) is 15.8 Å². The first kappa shape index (κ1) is 10.6. The number of nitrogens with two attached hydrogens (primary N) is 1. The Labute approximate surface area is 94.9 Å². The van der Waals surface area contributed by atoms with E-state index in [4.69, 9.17) is 5.73 Å². The molecule has 0 aliphatic heterocycles. The van der Waals surface area contributed by atoms with E-state index < -0.39 is 5.95 Å². The maximum atomic E-state index is 12.5. The first-order valence-corrected chi connectivity index (χ1v) is 5.30. The third-order valence-corrected chi connectivity index (χ3v) is 2.82. The summed E-state index contributed by atoms with van der Waals surface area (Å²) in [5.41, 5.74) is 6.45. The number of halogens is 1. The summed E-state index contributed by atoms with van der Waals surface area (Å²) in [5.74, 6) is -0.908. The summed E-state index contributed by atoms with van der Waals surface area (Å²) >= 11 is 1.25. The van der Waals surface area contributed by atoms with Gasteiger partial charge in [0.05, 0.1) is 17.6 Å². The van der Waals surface area contributed by atoms with E-state index in [1.807, 2.05) is 0 Å². The molecule has 0 unspecified atom stereocenters. The molecule has 0 aromatic carbocycles. The van der Waals surface area contributed by atoms with E-state index in [1.165, 1.54) is 29.7 Å². The first-order valence-electron chi connectivity index (χ1n) is 4.42. The van der Waals surface area contributed by atoms with Crippen molar-refractivity contribution in [2.45, 2.75) is 0 Å². The van der Waals surface area contributed by atoms with Gasteiger partial charge in [0.15, 0.2) is 0 Å². The molecule has 0 bridgehead atoms. The number of hydrogen-bond donors (Lipinski definition) is 2. The Balaban J connectivity index is 2.14. The van der Waals surface area contributed by atoms with Crippen LogP contribution in [0.15, 0.2) is 29.8 Å². The normalized spacial score (nSPS) is 10.1. The number of rotatable bonds is 2. The minimum absolute atomic E-state index is 0.319. The molecule has 0 spiro atoms. The van der Waals surface area contributed by atoms with Crippen LogP contribution in [0.2, 0.25) is 0 Å². The summed E-state index contributed by atoms with van der Waals surface area (Å²) in [4.78, 5) is 15.5. The average Bonchev–Trinajstić information content (AvgIpc) is 2.68. The van der Waals surface area contributed by atoms with E-state index in [9.17, 15) is 9.18 Å². The van der Waals surface area contributed by atoms with Gasteiger partial charge >= 0.3 is 0 Å². The molecule has 1 amide bonds. The van der Waals surface area contributed by atoms with Gasteiger partial charge in [0.25, 0.3) is 5.91 Å². The lowest BCUT2D eigenvalue weighted by atomic mass is 10.3. The molecule has 0 saturated heterocycles. The van der Waals surface area contributed by atoms with Gasteiger partial charge in [0.2, 0.25) is 5.95 Å². The van der Waals surface area contributed by atoms with Crippen molar-refractivity contribution in [3.8, 4) is 0 Å². The van der Waals surface area contributed by atoms with Crippen molar-refractivity contribution in [3.05, 3.63) is 40.6 Å². The molecule has 0 fully saturated rings. The lowest BCUT2D eigenvalue weighted by Crippen LogP contribution is -2.12. The fourth-order valence-electron chi connectivity index (χ4n) is 1.14. The molecule has 4 nitrogen and oxygen atoms in total. The number of carbonyl (C=O) groups excluding carboxylic acids is 1. The lowest BCUT2D eigenvalue weighted by Gasteiger charge is -2.03. The zero-order valence-electron chi connectivity index (χ0n) is 8.11. The van der Waals surface area contributed by atoms with Gasteiger partial charge < -0.3 is 11.1 Å². The SMILES string of the molecule is Nc1ccsc1C(=O)Nc1ccc(F)nc1. The van der Waals surface area contributed by atoms with Crippen molar-refractivity contribution < 1.29 is 9.18 Å². The predicted octanol–water partition coefficient (Wildman–Crippen LogP) is 2.12. The fraction of sp³-hybridized carbons (Fsp3) is 0. The molecule has 16 heavy (non-hydrogen) atoms. The van der Waals surface area contributed by atoms with Crippen LogP contribution in [0.5, 0.6) is 0 Å². The molecule has 2 aromatic rings. The third-order valence-electron chi connectivity index (χ3n) is 1.89. The minimum atomic E-state index is -0.589. The van der Waals surface area contributed by atoms with Crippen LogP contribution in [0.1, 0.15) is 9.67 Å². The van der Waals surface area contributed by atoms with E-state index >= 15 is 0 Å². The standard InChI is InChI=1S/C10H8FN3OS/c11-8-2-1-6(5-13-8)14-10(15)9-7(12)3-4-16-9/h1-5H,12H2,(H,14,15). The Morgan fingerprint density at radius 3 is 2.81 bits per heavy atom. The summed E-state index contributed by atoms with van der Waals surface area (Å²) in [7, 11) is 0. The molecule has 2 aromatic heterocycles. The van der Waals surface area contributed by atoms with Gasteiger partial charge in [-0.1, -0.05) is 0 Å². The van der Waals surface area contributed by atoms with Crippen molar-refractivity contribution in [3.63, 3.8) is 0 Å². The van der Waals surface area contributed by atoms with Crippen molar-refractivity contribution in [2.24, 2.45) is 0 Å². The summed E-state index contributed by atoms with van der Waals surface area (Å²) in [6.07, 6.45) is 1.25. The highest BCUT2D eigenvalue weighted by atomic mass is 32.1. The molecule has 0 aliphatic rings. The van der Waals surface area contributed by atoms with E-state index in [-0.39, 0.29) is 5.91 Å². The van der Waals surface area contributed by atoms with Crippen molar-refractivity contribution >= 4 is 28.6 Å². The van der Waals surface area contributed by atoms with Gasteiger partial charge in [-0.05, 0) is 23.6 Å². The second-order valence-corrected chi connectivity index (χ2v) is 3.94. The number of thiophene rings is 1. The molecule has 3 N–H and O–H groups in total. The first-order chi connectivity index (χ1) is 7.66. The topological polar surface area (TPSA) is 68.0 Å². The number of aromatic nitrogens is 1. The van der Waals surface area contributed by atoms with E-state index in [1.54, 1.807) is 11.4 Å². The maximum Gasteiger partial charge on any atom is 0.267 e. The van der Waals surface area contributed by atoms with Crippen LogP contribution < -0.4 is 11.1 Å². The second kappa shape index (κ2) is 4.28. The highest BCUT2D eigenvalue weighted by Crippen LogP contribution is 2.20. The molecule has 0 saturated carbocycles. The van der Waals surface area contributed by atoms with Gasteiger partial charge in [0.1, 0.15) is 4.88 Å². The number of nitrogens with one attached hydrogen (secondary N) is 1. The largest absolute Gasteiger partial charge is 0.397 e. The Hall–Kier alpha value is -1.95. The van der Waals surface area contributed by atoms with E-state index in [2.05, 4.69) is 10.3 Å². The Kier molecular flexibility index (Phi) is 2.82. The van der Waals surface area contributed by atoms with Gasteiger partial charge in [-0.15, -0.1) is 11.3 Å². The number of pyridine rings is 1. The minimum Gasteiger partial charge on any atom is -0.397 e. The predicted molar refractivity (Wildman–Crippen MR) is 60.9 cm³/mol. The van der Waals surface area contributed by atoms with Crippen LogP contribution >= 0.6 is 11.3 Å².